The van der Waals surface area contributed by atoms with Gasteiger partial charge in [-0.25, -0.2) is 4.98 Å². The van der Waals surface area contributed by atoms with Gasteiger partial charge in [0.25, 0.3) is 0 Å². The molecule has 0 aliphatic carbocycles. The zero-order valence-corrected chi connectivity index (χ0v) is 40.7. The Hall–Kier alpha value is -6.52. The molecule has 66 heavy (non-hydrogen) atoms. The van der Waals surface area contributed by atoms with E-state index in [1.54, 1.807) is 0 Å². The molecule has 0 unspecified atom stereocenters. The fourth-order valence-electron chi connectivity index (χ4n) is 10.3. The number of hydrogen-bond donors (Lipinski definition) is 0. The van der Waals surface area contributed by atoms with Crippen LogP contribution < -0.4 is 13.7 Å². The van der Waals surface area contributed by atoms with E-state index >= 15 is 0 Å². The average molecular weight is 869 g/mol. The van der Waals surface area contributed by atoms with Crippen molar-refractivity contribution in [2.75, 3.05) is 6.67 Å². The zero-order chi connectivity index (χ0) is 46.8. The Bertz CT molecular complexity index is 3260. The van der Waals surface area contributed by atoms with Gasteiger partial charge in [-0.3, -0.25) is 13.5 Å². The summed E-state index contributed by atoms with van der Waals surface area (Å²) in [6.45, 7) is 30.9. The molecule has 332 valence electrons. The molecule has 0 radical (unpaired) electrons. The Morgan fingerprint density at radius 3 is 1.89 bits per heavy atom. The van der Waals surface area contributed by atoms with Gasteiger partial charge in [0.2, 0.25) is 0 Å². The summed E-state index contributed by atoms with van der Waals surface area (Å²) < 4.78 is 10.3. The Morgan fingerprint density at radius 2 is 1.21 bits per heavy atom. The standard InChI is InChI=1S/C60H62N5O/c1-57(2,3)41-19-13-17-39(29-41)49-22-16-24-53-56(49)65(46-31-43(59(7,8)9)30-44(32-46)60(10,11)12)37-64(53,38-65)45-20-15-21-47(34-45)66-48-25-26-50-52(35-48)63(51-23-14-18-40(36-61)55(50)51)54-33-42(27-28-62-54)58(4,5)6/h13-35,37H,38H2,1-12H3/q+1/t64-,65+/m1/s1. The molecular weight excluding hydrogens is 807 g/mol. The van der Waals surface area contributed by atoms with Crippen LogP contribution in [0.15, 0.2) is 140 Å². The first-order valence-corrected chi connectivity index (χ1v) is 23.4. The van der Waals surface area contributed by atoms with Gasteiger partial charge in [-0.05, 0) is 104 Å². The van der Waals surface area contributed by atoms with E-state index in [1.165, 1.54) is 50.4 Å². The van der Waals surface area contributed by atoms with Crippen molar-refractivity contribution in [2.24, 2.45) is 0 Å². The van der Waals surface area contributed by atoms with E-state index in [0.29, 0.717) is 20.3 Å². The first-order valence-electron chi connectivity index (χ1n) is 23.4. The first-order chi connectivity index (χ1) is 31.1. The molecule has 6 nitrogen and oxygen atoms in total. The second-order valence-corrected chi connectivity index (χ2v) is 22.8. The van der Waals surface area contributed by atoms with Gasteiger partial charge in [0, 0.05) is 52.9 Å². The number of fused-ring (bicyclic) bond motifs is 3. The maximum atomic E-state index is 10.3. The molecule has 0 saturated carbocycles. The lowest BCUT2D eigenvalue weighted by molar-refractivity contribution is 0.187. The largest absolute Gasteiger partial charge is 0.457 e. The summed E-state index contributed by atoms with van der Waals surface area (Å²) in [5, 5.41) is 12.2. The lowest BCUT2D eigenvalue weighted by Gasteiger charge is -2.56. The Labute approximate surface area is 391 Å². The molecule has 1 saturated heterocycles. The summed E-state index contributed by atoms with van der Waals surface area (Å²) in [6, 6.07) is 50.9. The topological polar surface area (TPSA) is 50.8 Å². The van der Waals surface area contributed by atoms with Crippen LogP contribution >= 0.6 is 0 Å². The van der Waals surface area contributed by atoms with Crippen LogP contribution in [0.2, 0.25) is 0 Å². The van der Waals surface area contributed by atoms with Crippen molar-refractivity contribution in [3.05, 3.63) is 174 Å². The van der Waals surface area contributed by atoms with Gasteiger partial charge < -0.3 is 4.74 Å². The summed E-state index contributed by atoms with van der Waals surface area (Å²) in [5.74, 6) is 2.28. The monoisotopic (exact) mass is 868 g/mol. The molecule has 3 aliphatic heterocycles. The van der Waals surface area contributed by atoms with Gasteiger partial charge in [-0.1, -0.05) is 132 Å². The van der Waals surface area contributed by atoms with Crippen LogP contribution in [0.25, 0.3) is 38.8 Å². The van der Waals surface area contributed by atoms with Crippen molar-refractivity contribution in [3.8, 4) is 34.5 Å². The number of para-hydroxylation sites is 1. The van der Waals surface area contributed by atoms with Crippen molar-refractivity contribution in [1.82, 2.24) is 18.5 Å². The summed E-state index contributed by atoms with van der Waals surface area (Å²) in [6.07, 6.45) is 1.88. The van der Waals surface area contributed by atoms with Crippen molar-refractivity contribution >= 4 is 44.6 Å². The summed E-state index contributed by atoms with van der Waals surface area (Å²) in [5.41, 5.74) is 15.2. The minimum Gasteiger partial charge on any atom is -0.457 e. The SMILES string of the molecule is CC(C)(C)c1cccc(-c2cccc3c2[N@@+]2(c4cc(C(C)(C)C)cc(C(C)(C)C)c4)[CH-][N@+]3(c3cccc(Oc4ccc5c6c(C#N)cccc6n(-c6cc(C(C)(C)C)ccn6)c5c4)c3)C2)c1. The molecule has 11 rings (SSSR count). The third-order valence-corrected chi connectivity index (χ3v) is 14.1. The highest BCUT2D eigenvalue weighted by Gasteiger charge is 2.64. The molecule has 0 N–H and O–H groups in total. The average Bonchev–Trinajstić information content (AvgIpc) is 3.87. The van der Waals surface area contributed by atoms with E-state index in [4.69, 9.17) is 9.72 Å². The van der Waals surface area contributed by atoms with Crippen LogP contribution in [0.1, 0.15) is 111 Å². The number of nitriles is 1. The third-order valence-electron chi connectivity index (χ3n) is 14.1. The lowest BCUT2D eigenvalue weighted by atomic mass is 9.80. The van der Waals surface area contributed by atoms with Gasteiger partial charge in [0.05, 0.1) is 29.3 Å². The van der Waals surface area contributed by atoms with E-state index in [-0.39, 0.29) is 21.7 Å². The minimum atomic E-state index is -0.0630. The van der Waals surface area contributed by atoms with E-state index in [1.807, 2.05) is 24.4 Å². The molecule has 6 aromatic carbocycles. The van der Waals surface area contributed by atoms with Crippen LogP contribution in [0, 0.1) is 18.0 Å². The summed E-state index contributed by atoms with van der Waals surface area (Å²) in [7, 11) is 0. The summed E-state index contributed by atoms with van der Waals surface area (Å²) >= 11 is 0. The highest BCUT2D eigenvalue weighted by Crippen LogP contribution is 2.68. The second kappa shape index (κ2) is 14.7. The lowest BCUT2D eigenvalue weighted by Crippen LogP contribution is -2.67. The van der Waals surface area contributed by atoms with E-state index < -0.39 is 0 Å². The van der Waals surface area contributed by atoms with Gasteiger partial charge in [-0.2, -0.15) is 5.26 Å². The zero-order valence-electron chi connectivity index (χ0n) is 40.7. The van der Waals surface area contributed by atoms with E-state index in [9.17, 15) is 5.26 Å². The normalized spacial score (nSPS) is 18.3. The van der Waals surface area contributed by atoms with Crippen molar-refractivity contribution in [3.63, 3.8) is 0 Å². The van der Waals surface area contributed by atoms with Gasteiger partial charge in [0.15, 0.2) is 18.0 Å². The van der Waals surface area contributed by atoms with E-state index in [0.717, 1.165) is 45.7 Å². The van der Waals surface area contributed by atoms with Crippen LogP contribution in [-0.2, 0) is 21.7 Å². The minimum absolute atomic E-state index is 0.0179. The smallest absolute Gasteiger partial charge is 0.188 e. The third kappa shape index (κ3) is 6.95. The number of nitrogens with zero attached hydrogens (tertiary/aromatic N) is 5. The van der Waals surface area contributed by atoms with Gasteiger partial charge in [0.1, 0.15) is 28.7 Å². The molecule has 3 aliphatic rings. The van der Waals surface area contributed by atoms with Crippen LogP contribution in [0.5, 0.6) is 11.5 Å². The number of quaternary nitrogens is 2. The Kier molecular flexibility index (Phi) is 9.69. The van der Waals surface area contributed by atoms with Crippen LogP contribution in [-0.4, -0.2) is 16.2 Å². The maximum Gasteiger partial charge on any atom is 0.188 e. The molecule has 1 fully saturated rings. The number of hydrogen-bond acceptors (Lipinski definition) is 3. The predicted molar refractivity (Wildman–Crippen MR) is 275 cm³/mol. The molecule has 0 spiro atoms. The van der Waals surface area contributed by atoms with Gasteiger partial charge in [-0.15, -0.1) is 0 Å². The fourth-order valence-corrected chi connectivity index (χ4v) is 10.3. The molecule has 2 aromatic heterocycles. The fraction of sp³-hybridized carbons (Fsp3) is 0.283. The molecule has 5 heterocycles. The highest BCUT2D eigenvalue weighted by molar-refractivity contribution is 6.12. The van der Waals surface area contributed by atoms with Crippen molar-refractivity contribution < 1.29 is 4.74 Å². The van der Waals surface area contributed by atoms with Gasteiger partial charge >= 0.3 is 0 Å². The quantitative estimate of drug-likeness (QED) is 0.124. The number of benzene rings is 6. The van der Waals surface area contributed by atoms with E-state index in [2.05, 4.69) is 216 Å². The molecule has 0 amide bonds. The molecule has 2 atom stereocenters. The van der Waals surface area contributed by atoms with Crippen molar-refractivity contribution in [2.45, 2.75) is 105 Å². The molecule has 8 aromatic rings. The number of aromatic nitrogens is 2. The first kappa shape index (κ1) is 43.4. The number of rotatable bonds is 6. The number of pyridine rings is 1. The predicted octanol–water partition coefficient (Wildman–Crippen LogP) is 16.1. The number of ether oxygens (including phenoxy) is 1. The Balaban J connectivity index is 1.11. The molecule has 6 heteroatoms. The highest BCUT2D eigenvalue weighted by atomic mass is 16.5. The van der Waals surface area contributed by atoms with Crippen LogP contribution in [0.3, 0.4) is 0 Å². The van der Waals surface area contributed by atoms with Crippen molar-refractivity contribution in [1.29, 1.82) is 5.26 Å². The summed E-state index contributed by atoms with van der Waals surface area (Å²) in [4.78, 5) is 4.88. The van der Waals surface area contributed by atoms with Crippen LogP contribution in [0.4, 0.5) is 22.7 Å². The molecular formula is C60H62N5O+. The second-order valence-electron chi connectivity index (χ2n) is 22.8. The Morgan fingerprint density at radius 1 is 0.576 bits per heavy atom. The molecule has 2 bridgehead atoms. The maximum absolute atomic E-state index is 10.3.